The number of hydrogen-bond acceptors (Lipinski definition) is 13. The maximum absolute atomic E-state index is 13.3. The van der Waals surface area contributed by atoms with Gasteiger partial charge in [0.05, 0.1) is 23.9 Å². The molecule has 5 aliphatic rings. The van der Waals surface area contributed by atoms with Crippen LogP contribution >= 0.6 is 0 Å². The van der Waals surface area contributed by atoms with Gasteiger partial charge in [0.1, 0.15) is 12.4 Å². The van der Waals surface area contributed by atoms with Gasteiger partial charge in [0, 0.05) is 87.9 Å². The first-order chi connectivity index (χ1) is 31.2. The smallest absolute Gasteiger partial charge is 0.262 e. The minimum absolute atomic E-state index is 0.0468. The first-order valence-corrected chi connectivity index (χ1v) is 22.4. The second-order valence-electron chi connectivity index (χ2n) is 17.5. The molecule has 1 atom stereocenters. The van der Waals surface area contributed by atoms with E-state index in [1.165, 1.54) is 5.69 Å². The summed E-state index contributed by atoms with van der Waals surface area (Å²) < 4.78 is 2.10. The number of imide groups is 2. The van der Waals surface area contributed by atoms with Crippen LogP contribution in [0.1, 0.15) is 64.4 Å². The minimum Gasteiger partial charge on any atom is -0.369 e. The maximum atomic E-state index is 13.3. The highest BCUT2D eigenvalue weighted by Gasteiger charge is 2.45. The van der Waals surface area contributed by atoms with Gasteiger partial charge in [-0.1, -0.05) is 30.3 Å². The van der Waals surface area contributed by atoms with E-state index in [0.29, 0.717) is 23.4 Å². The van der Waals surface area contributed by atoms with Crippen molar-refractivity contribution in [2.45, 2.75) is 56.7 Å². The van der Waals surface area contributed by atoms with Crippen LogP contribution in [0.5, 0.6) is 0 Å². The zero-order valence-electron chi connectivity index (χ0n) is 35.7. The third-order valence-corrected chi connectivity index (χ3v) is 13.4. The molecule has 1 unspecified atom stereocenters. The molecule has 1 saturated carbocycles. The molecule has 1 aliphatic carbocycles. The Balaban J connectivity index is 0.643. The quantitative estimate of drug-likeness (QED) is 0.147. The second-order valence-corrected chi connectivity index (χ2v) is 17.5. The molecule has 5 amide bonds. The Labute approximate surface area is 370 Å². The van der Waals surface area contributed by atoms with E-state index in [1.807, 2.05) is 42.7 Å². The van der Waals surface area contributed by atoms with Crippen LogP contribution in [0.3, 0.4) is 0 Å². The summed E-state index contributed by atoms with van der Waals surface area (Å²) in [5.41, 5.74) is 6.15. The van der Waals surface area contributed by atoms with Gasteiger partial charge >= 0.3 is 0 Å². The number of nitrogens with zero attached hydrogens (tertiary/aromatic N) is 9. The van der Waals surface area contributed by atoms with Crippen LogP contribution in [-0.2, 0) is 20.8 Å². The van der Waals surface area contributed by atoms with E-state index in [0.717, 1.165) is 118 Å². The minimum atomic E-state index is -0.965. The zero-order chi connectivity index (χ0) is 43.7. The van der Waals surface area contributed by atoms with Crippen molar-refractivity contribution in [2.75, 3.05) is 80.6 Å². The normalized spacial score (nSPS) is 21.8. The van der Waals surface area contributed by atoms with Gasteiger partial charge in [-0.2, -0.15) is 0 Å². The molecule has 3 saturated heterocycles. The van der Waals surface area contributed by atoms with Gasteiger partial charge in [0.25, 0.3) is 11.8 Å². The van der Waals surface area contributed by atoms with Crippen molar-refractivity contribution in [3.8, 4) is 0 Å². The van der Waals surface area contributed by atoms with E-state index in [-0.39, 0.29) is 36.7 Å². The number of amides is 5. The highest BCUT2D eigenvalue weighted by molar-refractivity contribution is 6.23. The van der Waals surface area contributed by atoms with E-state index >= 15 is 0 Å². The lowest BCUT2D eigenvalue weighted by Gasteiger charge is -2.38. The molecule has 17 nitrogen and oxygen atoms in total. The van der Waals surface area contributed by atoms with Gasteiger partial charge in [0.15, 0.2) is 17.0 Å². The molecule has 6 heterocycles. The number of fused-ring (bicyclic) bond motifs is 2. The van der Waals surface area contributed by atoms with Gasteiger partial charge in [-0.3, -0.25) is 44.0 Å². The molecular weight excluding hydrogens is 813 g/mol. The van der Waals surface area contributed by atoms with Crippen LogP contribution in [0, 0.1) is 0 Å². The first kappa shape index (κ1) is 41.3. The zero-order valence-corrected chi connectivity index (χ0v) is 35.7. The second kappa shape index (κ2) is 17.8. The van der Waals surface area contributed by atoms with Crippen molar-refractivity contribution in [1.29, 1.82) is 0 Å². The molecule has 330 valence electrons. The Bertz CT molecular complexity index is 2560. The number of aromatic nitrogens is 4. The molecule has 0 bridgehead atoms. The standard InChI is InChI=1S/C47H52N12O5/c60-40-14-13-39(45(62)53-40)59-46(63)37-12-11-35(28-38(37)47(59)64)57-23-19-55(20-24-57)16-4-15-54-17-21-56(22-18-54)34-9-7-32(8-10-34)52-43-42-44(49-29-48-43)58(30-50-42)36-26-33(27-36)51-41(61)25-31-5-2-1-3-6-31/h1-3,5-12,28-30,33,36,39H,4,13-27H2,(H,51,61)(H,48,49,52)(H,53,60,62). The van der Waals surface area contributed by atoms with Crippen LogP contribution in [0.15, 0.2) is 85.5 Å². The molecular formula is C47H52N12O5. The summed E-state index contributed by atoms with van der Waals surface area (Å²) in [6.07, 6.45) is 6.80. The average Bonchev–Trinajstić information content (AvgIpc) is 3.83. The number of piperidine rings is 1. The molecule has 2 aromatic heterocycles. The fourth-order valence-corrected chi connectivity index (χ4v) is 9.73. The Kier molecular flexibility index (Phi) is 11.5. The first-order valence-electron chi connectivity index (χ1n) is 22.4. The van der Waals surface area contributed by atoms with Crippen molar-refractivity contribution < 1.29 is 24.0 Å². The van der Waals surface area contributed by atoms with E-state index in [2.05, 4.69) is 79.3 Å². The van der Waals surface area contributed by atoms with Crippen molar-refractivity contribution in [3.63, 3.8) is 0 Å². The molecule has 0 radical (unpaired) electrons. The third kappa shape index (κ3) is 8.52. The summed E-state index contributed by atoms with van der Waals surface area (Å²) in [6.45, 7) is 9.49. The molecule has 0 spiro atoms. The molecule has 3 N–H and O–H groups in total. The number of nitrogens with one attached hydrogen (secondary N) is 3. The van der Waals surface area contributed by atoms with Crippen LogP contribution in [-0.4, -0.2) is 141 Å². The Morgan fingerprint density at radius 3 is 2.11 bits per heavy atom. The van der Waals surface area contributed by atoms with Crippen molar-refractivity contribution >= 4 is 63.6 Å². The Morgan fingerprint density at radius 1 is 0.734 bits per heavy atom. The summed E-state index contributed by atoms with van der Waals surface area (Å²) in [4.78, 5) is 87.6. The number of hydrogen-bond donors (Lipinski definition) is 3. The van der Waals surface area contributed by atoms with E-state index in [4.69, 9.17) is 0 Å². The number of piperazine rings is 2. The molecule has 5 aromatic rings. The predicted octanol–water partition coefficient (Wildman–Crippen LogP) is 3.37. The largest absolute Gasteiger partial charge is 0.369 e. The van der Waals surface area contributed by atoms with Crippen molar-refractivity contribution in [3.05, 3.63) is 102 Å². The number of carbonyl (C=O) groups excluding carboxylic acids is 5. The lowest BCUT2D eigenvalue weighted by molar-refractivity contribution is -0.136. The van der Waals surface area contributed by atoms with Crippen LogP contribution < -0.4 is 25.8 Å². The summed E-state index contributed by atoms with van der Waals surface area (Å²) in [5.74, 6) is -1.23. The highest BCUT2D eigenvalue weighted by atomic mass is 16.2. The molecule has 4 fully saturated rings. The summed E-state index contributed by atoms with van der Waals surface area (Å²) >= 11 is 0. The van der Waals surface area contributed by atoms with Gasteiger partial charge in [-0.25, -0.2) is 15.0 Å². The Morgan fingerprint density at radius 2 is 1.41 bits per heavy atom. The van der Waals surface area contributed by atoms with Crippen LogP contribution in [0.25, 0.3) is 11.2 Å². The monoisotopic (exact) mass is 864 g/mol. The number of rotatable bonds is 13. The van der Waals surface area contributed by atoms with Gasteiger partial charge in [0.2, 0.25) is 17.7 Å². The number of imidazole rings is 1. The van der Waals surface area contributed by atoms with Gasteiger partial charge in [-0.05, 0) is 86.8 Å². The molecule has 10 rings (SSSR count). The Hall–Kier alpha value is -6.72. The fraction of sp³-hybridized carbons (Fsp3) is 0.404. The molecule has 64 heavy (non-hydrogen) atoms. The van der Waals surface area contributed by atoms with Gasteiger partial charge < -0.3 is 25.0 Å². The maximum Gasteiger partial charge on any atom is 0.262 e. The molecule has 17 heteroatoms. The van der Waals surface area contributed by atoms with Crippen LogP contribution in [0.2, 0.25) is 0 Å². The number of anilines is 4. The van der Waals surface area contributed by atoms with E-state index in [9.17, 15) is 24.0 Å². The van der Waals surface area contributed by atoms with E-state index in [1.54, 1.807) is 18.5 Å². The molecule has 3 aromatic carbocycles. The summed E-state index contributed by atoms with van der Waals surface area (Å²) in [6, 6.07) is 23.0. The lowest BCUT2D eigenvalue weighted by Crippen LogP contribution is -2.54. The van der Waals surface area contributed by atoms with Crippen molar-refractivity contribution in [2.24, 2.45) is 0 Å². The molecule has 4 aliphatic heterocycles. The summed E-state index contributed by atoms with van der Waals surface area (Å²) in [5, 5.41) is 8.87. The van der Waals surface area contributed by atoms with Crippen molar-refractivity contribution in [1.82, 2.24) is 44.9 Å². The van der Waals surface area contributed by atoms with Crippen LogP contribution in [0.4, 0.5) is 22.9 Å². The predicted molar refractivity (Wildman–Crippen MR) is 240 cm³/mol. The van der Waals surface area contributed by atoms with E-state index < -0.39 is 23.8 Å². The number of carbonyl (C=O) groups is 5. The highest BCUT2D eigenvalue weighted by Crippen LogP contribution is 2.36. The average molecular weight is 865 g/mol. The van der Waals surface area contributed by atoms with Gasteiger partial charge in [-0.15, -0.1) is 0 Å². The lowest BCUT2D eigenvalue weighted by atomic mass is 9.86. The fourth-order valence-electron chi connectivity index (χ4n) is 9.73. The number of benzene rings is 3. The third-order valence-electron chi connectivity index (χ3n) is 13.4. The summed E-state index contributed by atoms with van der Waals surface area (Å²) in [7, 11) is 0. The SMILES string of the molecule is O=C1CCC(N2C(=O)c3ccc(N4CCN(CCCN5CCN(c6ccc(Nc7ncnc8c7ncn8C7CC(NC(=O)Cc8ccccc8)C7)cc6)CC5)CC4)cc3C2=O)C(=O)N1. The topological polar surface area (TPSA) is 181 Å².